The smallest absolute Gasteiger partial charge is 0.303 e. The SMILES string of the molecule is O=C(O)CCC(=O)Nc1ccc2cc[nH]c2c1. The van der Waals surface area contributed by atoms with E-state index in [1.54, 1.807) is 6.07 Å². The van der Waals surface area contributed by atoms with Crippen molar-refractivity contribution < 1.29 is 14.7 Å². The van der Waals surface area contributed by atoms with Crippen molar-refractivity contribution in [2.24, 2.45) is 0 Å². The molecule has 3 N–H and O–H groups in total. The van der Waals surface area contributed by atoms with E-state index in [0.29, 0.717) is 5.69 Å². The molecule has 5 nitrogen and oxygen atoms in total. The van der Waals surface area contributed by atoms with Crippen LogP contribution < -0.4 is 5.32 Å². The third-order valence-corrected chi connectivity index (χ3v) is 2.40. The Hall–Kier alpha value is -2.30. The van der Waals surface area contributed by atoms with Crippen molar-refractivity contribution in [3.8, 4) is 0 Å². The summed E-state index contributed by atoms with van der Waals surface area (Å²) in [6, 6.07) is 7.42. The average Bonchev–Trinajstić information content (AvgIpc) is 2.73. The number of aliphatic carboxylic acids is 1. The summed E-state index contributed by atoms with van der Waals surface area (Å²) in [4.78, 5) is 24.8. The number of fused-ring (bicyclic) bond motifs is 1. The standard InChI is InChI=1S/C12H12N2O3/c15-11(3-4-12(16)17)14-9-2-1-8-5-6-13-10(8)7-9/h1-2,5-7,13H,3-4H2,(H,14,15)(H,16,17). The van der Waals surface area contributed by atoms with Crippen molar-refractivity contribution in [3.63, 3.8) is 0 Å². The summed E-state index contributed by atoms with van der Waals surface area (Å²) in [7, 11) is 0. The molecule has 0 bridgehead atoms. The highest BCUT2D eigenvalue weighted by molar-refractivity contribution is 5.94. The Morgan fingerprint density at radius 3 is 2.82 bits per heavy atom. The lowest BCUT2D eigenvalue weighted by Crippen LogP contribution is -2.13. The van der Waals surface area contributed by atoms with Crippen LogP contribution in [0.4, 0.5) is 5.69 Å². The second-order valence-corrected chi connectivity index (χ2v) is 3.72. The van der Waals surface area contributed by atoms with Crippen molar-refractivity contribution >= 4 is 28.5 Å². The van der Waals surface area contributed by atoms with E-state index in [9.17, 15) is 9.59 Å². The fourth-order valence-electron chi connectivity index (χ4n) is 1.57. The zero-order chi connectivity index (χ0) is 12.3. The number of carbonyl (C=O) groups is 2. The Morgan fingerprint density at radius 1 is 1.24 bits per heavy atom. The highest BCUT2D eigenvalue weighted by Crippen LogP contribution is 2.17. The van der Waals surface area contributed by atoms with E-state index in [4.69, 9.17) is 5.11 Å². The summed E-state index contributed by atoms with van der Waals surface area (Å²) < 4.78 is 0. The lowest BCUT2D eigenvalue weighted by atomic mass is 10.2. The molecule has 0 fully saturated rings. The van der Waals surface area contributed by atoms with Gasteiger partial charge in [0.15, 0.2) is 0 Å². The van der Waals surface area contributed by atoms with E-state index < -0.39 is 5.97 Å². The first-order valence-corrected chi connectivity index (χ1v) is 5.24. The summed E-state index contributed by atoms with van der Waals surface area (Å²) in [5.74, 6) is -1.27. The first-order chi connectivity index (χ1) is 8.15. The number of carboxylic acids is 1. The molecule has 0 aliphatic carbocycles. The number of carbonyl (C=O) groups excluding carboxylic acids is 1. The average molecular weight is 232 g/mol. The molecule has 0 saturated heterocycles. The van der Waals surface area contributed by atoms with Crippen molar-refractivity contribution in [1.82, 2.24) is 4.98 Å². The van der Waals surface area contributed by atoms with Crippen LogP contribution in [0.25, 0.3) is 10.9 Å². The normalized spacial score (nSPS) is 10.4. The predicted octanol–water partition coefficient (Wildman–Crippen LogP) is 1.97. The number of hydrogen-bond acceptors (Lipinski definition) is 2. The van der Waals surface area contributed by atoms with Gasteiger partial charge in [0.1, 0.15) is 0 Å². The third kappa shape index (κ3) is 2.84. The predicted molar refractivity (Wildman–Crippen MR) is 63.8 cm³/mol. The van der Waals surface area contributed by atoms with E-state index in [-0.39, 0.29) is 18.7 Å². The number of hydrogen-bond donors (Lipinski definition) is 3. The van der Waals surface area contributed by atoms with E-state index in [2.05, 4.69) is 10.3 Å². The zero-order valence-electron chi connectivity index (χ0n) is 9.06. The fraction of sp³-hybridized carbons (Fsp3) is 0.167. The summed E-state index contributed by atoms with van der Waals surface area (Å²) in [6.07, 6.45) is 1.65. The number of H-pyrrole nitrogens is 1. The van der Waals surface area contributed by atoms with Crippen LogP contribution in [0.15, 0.2) is 30.5 Å². The molecule has 88 valence electrons. The van der Waals surface area contributed by atoms with Crippen LogP contribution in [-0.2, 0) is 9.59 Å². The Kier molecular flexibility index (Phi) is 3.09. The van der Waals surface area contributed by atoms with Crippen LogP contribution >= 0.6 is 0 Å². The van der Waals surface area contributed by atoms with Gasteiger partial charge in [-0.2, -0.15) is 0 Å². The second-order valence-electron chi connectivity index (χ2n) is 3.72. The Morgan fingerprint density at radius 2 is 2.06 bits per heavy atom. The van der Waals surface area contributed by atoms with Gasteiger partial charge in [-0.05, 0) is 23.6 Å². The highest BCUT2D eigenvalue weighted by Gasteiger charge is 2.06. The second kappa shape index (κ2) is 4.69. The zero-order valence-corrected chi connectivity index (χ0v) is 9.06. The molecule has 17 heavy (non-hydrogen) atoms. The van der Waals surface area contributed by atoms with Gasteiger partial charge in [0, 0.05) is 23.8 Å². The number of anilines is 1. The molecule has 1 amide bonds. The molecule has 0 saturated carbocycles. The van der Waals surface area contributed by atoms with Crippen molar-refractivity contribution in [2.45, 2.75) is 12.8 Å². The highest BCUT2D eigenvalue weighted by atomic mass is 16.4. The van der Waals surface area contributed by atoms with E-state index in [0.717, 1.165) is 10.9 Å². The van der Waals surface area contributed by atoms with Crippen LogP contribution in [0.3, 0.4) is 0 Å². The monoisotopic (exact) mass is 232 g/mol. The number of amides is 1. The quantitative estimate of drug-likeness (QED) is 0.753. The van der Waals surface area contributed by atoms with Gasteiger partial charge >= 0.3 is 5.97 Å². The van der Waals surface area contributed by atoms with Gasteiger partial charge in [-0.1, -0.05) is 6.07 Å². The molecule has 0 radical (unpaired) electrons. The Labute approximate surface area is 97.4 Å². The van der Waals surface area contributed by atoms with Crippen molar-refractivity contribution in [3.05, 3.63) is 30.5 Å². The van der Waals surface area contributed by atoms with Gasteiger partial charge in [-0.25, -0.2) is 0 Å². The van der Waals surface area contributed by atoms with E-state index in [1.807, 2.05) is 24.4 Å². The lowest BCUT2D eigenvalue weighted by Gasteiger charge is -2.04. The minimum absolute atomic E-state index is 0.0158. The minimum atomic E-state index is -0.972. The fourth-order valence-corrected chi connectivity index (χ4v) is 1.57. The summed E-state index contributed by atoms with van der Waals surface area (Å²) in [5, 5.41) is 12.2. The molecule has 5 heteroatoms. The van der Waals surface area contributed by atoms with Crippen molar-refractivity contribution in [1.29, 1.82) is 0 Å². The molecule has 0 unspecified atom stereocenters. The third-order valence-electron chi connectivity index (χ3n) is 2.40. The topological polar surface area (TPSA) is 82.2 Å². The Bertz CT molecular complexity index is 560. The lowest BCUT2D eigenvalue weighted by molar-refractivity contribution is -0.138. The maximum Gasteiger partial charge on any atom is 0.303 e. The van der Waals surface area contributed by atoms with Crippen molar-refractivity contribution in [2.75, 3.05) is 5.32 Å². The number of aromatic nitrogens is 1. The molecule has 1 aromatic carbocycles. The largest absolute Gasteiger partial charge is 0.481 e. The molecule has 0 aliphatic rings. The molecule has 0 spiro atoms. The van der Waals surface area contributed by atoms with Crippen LogP contribution in [0.5, 0.6) is 0 Å². The number of nitrogens with one attached hydrogen (secondary N) is 2. The maximum absolute atomic E-state index is 11.4. The maximum atomic E-state index is 11.4. The molecule has 2 aromatic rings. The molecule has 1 aromatic heterocycles. The number of rotatable bonds is 4. The first-order valence-electron chi connectivity index (χ1n) is 5.24. The van der Waals surface area contributed by atoms with Gasteiger partial charge < -0.3 is 15.4 Å². The summed E-state index contributed by atoms with van der Waals surface area (Å²) >= 11 is 0. The Balaban J connectivity index is 2.02. The molecule has 0 aliphatic heterocycles. The first kappa shape index (κ1) is 11.2. The van der Waals surface area contributed by atoms with Crippen LogP contribution in [0, 0.1) is 0 Å². The summed E-state index contributed by atoms with van der Waals surface area (Å²) in [5.41, 5.74) is 1.59. The molecular formula is C12H12N2O3. The number of benzene rings is 1. The van der Waals surface area contributed by atoms with E-state index >= 15 is 0 Å². The van der Waals surface area contributed by atoms with Gasteiger partial charge in [0.05, 0.1) is 6.42 Å². The molecule has 0 atom stereocenters. The van der Waals surface area contributed by atoms with Crippen LogP contribution in [-0.4, -0.2) is 22.0 Å². The van der Waals surface area contributed by atoms with Crippen LogP contribution in [0.2, 0.25) is 0 Å². The number of aromatic amines is 1. The minimum Gasteiger partial charge on any atom is -0.481 e. The number of carboxylic acid groups (broad SMARTS) is 1. The van der Waals surface area contributed by atoms with Crippen LogP contribution in [0.1, 0.15) is 12.8 Å². The summed E-state index contributed by atoms with van der Waals surface area (Å²) in [6.45, 7) is 0. The molecular weight excluding hydrogens is 220 g/mol. The molecule has 1 heterocycles. The van der Waals surface area contributed by atoms with Gasteiger partial charge in [-0.3, -0.25) is 9.59 Å². The van der Waals surface area contributed by atoms with Gasteiger partial charge in [-0.15, -0.1) is 0 Å². The molecule has 2 rings (SSSR count). The van der Waals surface area contributed by atoms with Gasteiger partial charge in [0.25, 0.3) is 0 Å². The van der Waals surface area contributed by atoms with Gasteiger partial charge in [0.2, 0.25) is 5.91 Å². The van der Waals surface area contributed by atoms with E-state index in [1.165, 1.54) is 0 Å².